The molecule has 2 aromatic rings. The third-order valence-electron chi connectivity index (χ3n) is 5.08. The van der Waals surface area contributed by atoms with Crippen LogP contribution < -0.4 is 9.64 Å². The molecule has 0 saturated carbocycles. The van der Waals surface area contributed by atoms with E-state index in [1.807, 2.05) is 56.3 Å². The maximum Gasteiger partial charge on any atom is 0.175 e. The molecule has 1 saturated heterocycles. The second-order valence-electron chi connectivity index (χ2n) is 7.53. The number of ketones is 1. The van der Waals surface area contributed by atoms with Crippen LogP contribution >= 0.6 is 0 Å². The molecule has 1 atom stereocenters. The summed E-state index contributed by atoms with van der Waals surface area (Å²) in [4.78, 5) is 14.9. The smallest absolute Gasteiger partial charge is 0.175 e. The van der Waals surface area contributed by atoms with Gasteiger partial charge in [-0.25, -0.2) is 0 Å². The van der Waals surface area contributed by atoms with Crippen molar-refractivity contribution >= 4 is 5.78 Å². The highest BCUT2D eigenvalue weighted by Gasteiger charge is 2.27. The van der Waals surface area contributed by atoms with Gasteiger partial charge in [-0.3, -0.25) is 4.79 Å². The van der Waals surface area contributed by atoms with E-state index >= 15 is 0 Å². The molecule has 1 aliphatic heterocycles. The lowest BCUT2D eigenvalue weighted by Gasteiger charge is -2.27. The molecule has 3 heteroatoms. The monoisotopic (exact) mass is 352 g/mol. The number of rotatable bonds is 7. The first kappa shape index (κ1) is 18.7. The molecule has 3 rings (SSSR count). The summed E-state index contributed by atoms with van der Waals surface area (Å²) >= 11 is 0. The summed E-state index contributed by atoms with van der Waals surface area (Å²) in [6.07, 6.45) is 4.00. The number of likely N-dealkylation sites (tertiary alicyclic amines) is 1. The van der Waals surface area contributed by atoms with Crippen LogP contribution in [0.5, 0.6) is 5.75 Å². The van der Waals surface area contributed by atoms with Gasteiger partial charge in [0.25, 0.3) is 0 Å². The summed E-state index contributed by atoms with van der Waals surface area (Å²) in [7, 11) is 0. The van der Waals surface area contributed by atoms with Crippen LogP contribution in [0.15, 0.2) is 54.6 Å². The molecule has 0 spiro atoms. The molecule has 0 radical (unpaired) electrons. The van der Waals surface area contributed by atoms with Crippen LogP contribution in [0.1, 0.15) is 54.9 Å². The molecule has 0 aliphatic carbocycles. The highest BCUT2D eigenvalue weighted by molar-refractivity contribution is 6.01. The van der Waals surface area contributed by atoms with E-state index in [0.29, 0.717) is 0 Å². The number of benzene rings is 2. The molecule has 138 valence electrons. The Bertz CT molecular complexity index is 688. The number of piperidine rings is 1. The minimum Gasteiger partial charge on any atom is -0.491 e. The Hall–Kier alpha value is -2.13. The Morgan fingerprint density at radius 1 is 0.962 bits per heavy atom. The van der Waals surface area contributed by atoms with Gasteiger partial charge in [-0.2, -0.15) is 0 Å². The van der Waals surface area contributed by atoms with Gasteiger partial charge in [-0.1, -0.05) is 30.3 Å². The number of nitrogens with one attached hydrogen (secondary N) is 1. The second kappa shape index (κ2) is 9.00. The van der Waals surface area contributed by atoms with E-state index in [1.165, 1.54) is 32.4 Å². The van der Waals surface area contributed by atoms with Crippen LogP contribution in [0.25, 0.3) is 0 Å². The van der Waals surface area contributed by atoms with Crippen molar-refractivity contribution in [2.75, 3.05) is 19.6 Å². The molecule has 0 bridgehead atoms. The first-order valence-corrected chi connectivity index (χ1v) is 9.83. The molecule has 1 fully saturated rings. The zero-order chi connectivity index (χ0) is 18.4. The highest BCUT2D eigenvalue weighted by atomic mass is 16.5. The van der Waals surface area contributed by atoms with Gasteiger partial charge >= 0.3 is 0 Å². The summed E-state index contributed by atoms with van der Waals surface area (Å²) in [6, 6.07) is 17.9. The van der Waals surface area contributed by atoms with E-state index in [2.05, 4.69) is 12.1 Å². The summed E-state index contributed by atoms with van der Waals surface area (Å²) < 4.78 is 5.70. The van der Waals surface area contributed by atoms with Gasteiger partial charge < -0.3 is 9.64 Å². The maximum absolute atomic E-state index is 13.3. The summed E-state index contributed by atoms with van der Waals surface area (Å²) in [5.41, 5.74) is 1.89. The first-order valence-electron chi connectivity index (χ1n) is 9.83. The zero-order valence-corrected chi connectivity index (χ0v) is 15.9. The van der Waals surface area contributed by atoms with Crippen LogP contribution in [-0.2, 0) is 0 Å². The lowest BCUT2D eigenvalue weighted by molar-refractivity contribution is -0.905. The number of carbonyl (C=O) groups excluding carboxylic acids is 1. The molecule has 26 heavy (non-hydrogen) atoms. The average molecular weight is 352 g/mol. The van der Waals surface area contributed by atoms with Gasteiger partial charge in [0, 0.05) is 5.56 Å². The van der Waals surface area contributed by atoms with Crippen LogP contribution in [0.3, 0.4) is 0 Å². The number of hydrogen-bond donors (Lipinski definition) is 1. The minimum absolute atomic E-state index is 0.0823. The van der Waals surface area contributed by atoms with E-state index in [-0.39, 0.29) is 17.8 Å². The molecule has 0 unspecified atom stereocenters. The SMILES string of the molecule is CC(C)Oc1ccc(C(=O)[C@@H](C[NH+]2CCCCC2)c2ccccc2)cc1. The fourth-order valence-corrected chi connectivity index (χ4v) is 3.76. The van der Waals surface area contributed by atoms with Gasteiger partial charge in [0.15, 0.2) is 5.78 Å². The lowest BCUT2D eigenvalue weighted by atomic mass is 9.89. The summed E-state index contributed by atoms with van der Waals surface area (Å²) in [6.45, 7) is 7.25. The summed E-state index contributed by atoms with van der Waals surface area (Å²) in [5.74, 6) is 0.945. The average Bonchev–Trinajstić information content (AvgIpc) is 2.67. The maximum atomic E-state index is 13.3. The largest absolute Gasteiger partial charge is 0.491 e. The van der Waals surface area contributed by atoms with E-state index in [1.54, 1.807) is 4.90 Å². The van der Waals surface area contributed by atoms with Crippen molar-refractivity contribution in [3.8, 4) is 5.75 Å². The number of ether oxygens (including phenoxy) is 1. The molecule has 1 aliphatic rings. The zero-order valence-electron chi connectivity index (χ0n) is 15.9. The van der Waals surface area contributed by atoms with Crippen LogP contribution in [0, 0.1) is 0 Å². The Morgan fingerprint density at radius 2 is 1.62 bits per heavy atom. The van der Waals surface area contributed by atoms with Gasteiger partial charge in [0.05, 0.1) is 31.7 Å². The molecule has 3 nitrogen and oxygen atoms in total. The van der Waals surface area contributed by atoms with Crippen LogP contribution in [0.4, 0.5) is 0 Å². The number of Topliss-reactive ketones (excluding diaryl/α,β-unsaturated/α-hetero) is 1. The fraction of sp³-hybridized carbons (Fsp3) is 0.435. The molecule has 0 aromatic heterocycles. The quantitative estimate of drug-likeness (QED) is 0.773. The third kappa shape index (κ3) is 4.95. The highest BCUT2D eigenvalue weighted by Crippen LogP contribution is 2.22. The molecular formula is C23H30NO2+. The molecule has 0 amide bonds. The van der Waals surface area contributed by atoms with Gasteiger partial charge in [-0.05, 0) is 62.9 Å². The summed E-state index contributed by atoms with van der Waals surface area (Å²) in [5, 5.41) is 0. The van der Waals surface area contributed by atoms with Crippen molar-refractivity contribution < 1.29 is 14.4 Å². The third-order valence-corrected chi connectivity index (χ3v) is 5.08. The van der Waals surface area contributed by atoms with Gasteiger partial charge in [-0.15, -0.1) is 0 Å². The van der Waals surface area contributed by atoms with Crippen molar-refractivity contribution in [3.63, 3.8) is 0 Å². The van der Waals surface area contributed by atoms with Crippen LogP contribution in [-0.4, -0.2) is 31.5 Å². The Balaban J connectivity index is 1.79. The second-order valence-corrected chi connectivity index (χ2v) is 7.53. The van der Waals surface area contributed by atoms with E-state index < -0.39 is 0 Å². The van der Waals surface area contributed by atoms with E-state index in [4.69, 9.17) is 4.74 Å². The Kier molecular flexibility index (Phi) is 6.45. The number of quaternary nitrogens is 1. The minimum atomic E-state index is -0.0823. The first-order chi connectivity index (χ1) is 12.6. The van der Waals surface area contributed by atoms with E-state index in [0.717, 1.165) is 23.4 Å². The van der Waals surface area contributed by atoms with Crippen LogP contribution in [0.2, 0.25) is 0 Å². The Morgan fingerprint density at radius 3 is 2.23 bits per heavy atom. The lowest BCUT2D eigenvalue weighted by Crippen LogP contribution is -3.13. The molecule has 1 heterocycles. The van der Waals surface area contributed by atoms with Crippen molar-refractivity contribution in [1.82, 2.24) is 0 Å². The number of hydrogen-bond acceptors (Lipinski definition) is 2. The fourth-order valence-electron chi connectivity index (χ4n) is 3.76. The van der Waals surface area contributed by atoms with Gasteiger partial charge in [0.1, 0.15) is 5.75 Å². The predicted octanol–water partition coefficient (Wildman–Crippen LogP) is 3.51. The van der Waals surface area contributed by atoms with Crippen molar-refractivity contribution in [1.29, 1.82) is 0 Å². The topological polar surface area (TPSA) is 30.7 Å². The number of carbonyl (C=O) groups is 1. The van der Waals surface area contributed by atoms with Crippen molar-refractivity contribution in [2.45, 2.75) is 45.1 Å². The van der Waals surface area contributed by atoms with E-state index in [9.17, 15) is 4.79 Å². The predicted molar refractivity (Wildman–Crippen MR) is 105 cm³/mol. The van der Waals surface area contributed by atoms with Crippen molar-refractivity contribution in [3.05, 3.63) is 65.7 Å². The molecule has 1 N–H and O–H groups in total. The standard InChI is InChI=1S/C23H29NO2/c1-18(2)26-21-13-11-20(12-14-21)23(25)22(19-9-5-3-6-10-19)17-24-15-7-4-8-16-24/h3,5-6,9-14,18,22H,4,7-8,15-17H2,1-2H3/p+1/t22-/m0/s1. The molecular weight excluding hydrogens is 322 g/mol. The van der Waals surface area contributed by atoms with Gasteiger partial charge in [0.2, 0.25) is 0 Å². The normalized spacial score (nSPS) is 16.4. The Labute approximate surface area is 157 Å². The molecule has 2 aromatic carbocycles. The van der Waals surface area contributed by atoms with Crippen molar-refractivity contribution in [2.24, 2.45) is 0 Å².